The zero-order valence-electron chi connectivity index (χ0n) is 28.2. The number of carbonyl (C=O) groups is 3. The van der Waals surface area contributed by atoms with Crippen molar-refractivity contribution in [2.75, 3.05) is 63.8 Å². The van der Waals surface area contributed by atoms with Gasteiger partial charge in [-0.05, 0) is 35.4 Å². The van der Waals surface area contributed by atoms with Crippen LogP contribution in [-0.4, -0.2) is 130 Å². The maximum absolute atomic E-state index is 14.4. The Kier molecular flexibility index (Phi) is 9.97. The minimum atomic E-state index is -0.862. The van der Waals surface area contributed by atoms with E-state index >= 15 is 0 Å². The molecule has 2 aromatic carbocycles. The van der Waals surface area contributed by atoms with Gasteiger partial charge in [-0.25, -0.2) is 19.8 Å². The summed E-state index contributed by atoms with van der Waals surface area (Å²) in [5, 5.41) is 19.6. The molecule has 4 aliphatic heterocycles. The van der Waals surface area contributed by atoms with Crippen LogP contribution in [0, 0.1) is 0 Å². The maximum Gasteiger partial charge on any atom is 0.334 e. The second-order valence-electron chi connectivity index (χ2n) is 13.3. The number of phenols is 1. The fourth-order valence-corrected chi connectivity index (χ4v) is 7.40. The normalized spacial score (nSPS) is 21.9. The number of amides is 4. The molecule has 4 saturated heterocycles. The number of anilines is 1. The van der Waals surface area contributed by atoms with Gasteiger partial charge in [-0.3, -0.25) is 14.5 Å². The Morgan fingerprint density at radius 1 is 0.960 bits per heavy atom. The summed E-state index contributed by atoms with van der Waals surface area (Å²) in [5.74, 6) is 0.552. The number of aromatic hydroxyl groups is 1. The van der Waals surface area contributed by atoms with E-state index in [9.17, 15) is 19.5 Å². The van der Waals surface area contributed by atoms with Crippen molar-refractivity contribution in [2.45, 2.75) is 37.8 Å². The molecule has 0 spiro atoms. The molecular weight excluding hydrogens is 634 g/mol. The topological polar surface area (TPSA) is 128 Å². The number of fused-ring (bicyclic) bond motifs is 1. The maximum atomic E-state index is 14.4. The summed E-state index contributed by atoms with van der Waals surface area (Å²) in [5.41, 5.74) is 2.47. The molecule has 0 saturated carbocycles. The average Bonchev–Trinajstić information content (AvgIpc) is 3.10. The molecule has 0 radical (unpaired) electrons. The third-order valence-electron chi connectivity index (χ3n) is 10.0. The predicted octanol–water partition coefficient (Wildman–Crippen LogP) is 1.62. The number of urea groups is 1. The Labute approximate surface area is 292 Å². The van der Waals surface area contributed by atoms with Crippen LogP contribution in [0.4, 0.5) is 10.6 Å². The first-order valence-corrected chi connectivity index (χ1v) is 17.4. The monoisotopic (exact) mass is 679 g/mol. The van der Waals surface area contributed by atoms with Gasteiger partial charge in [0.25, 0.3) is 0 Å². The number of phenolic OH excluding ortho intramolecular Hbond substituents is 1. The number of nitrogens with one attached hydrogen (secondary N) is 2. The molecule has 50 heavy (non-hydrogen) atoms. The number of hydrazine groups is 1. The van der Waals surface area contributed by atoms with E-state index in [-0.39, 0.29) is 56.2 Å². The Morgan fingerprint density at radius 2 is 1.72 bits per heavy atom. The Bertz CT molecular complexity index is 1680. The van der Waals surface area contributed by atoms with Gasteiger partial charge in [0.2, 0.25) is 11.8 Å². The van der Waals surface area contributed by atoms with Crippen molar-refractivity contribution >= 4 is 23.7 Å². The second-order valence-corrected chi connectivity index (χ2v) is 13.3. The smallest absolute Gasteiger partial charge is 0.334 e. The summed E-state index contributed by atoms with van der Waals surface area (Å²) in [6.45, 7) is 10.7. The summed E-state index contributed by atoms with van der Waals surface area (Å²) in [6.07, 6.45) is 1.14. The van der Waals surface area contributed by atoms with E-state index < -0.39 is 12.2 Å². The van der Waals surface area contributed by atoms with Crippen molar-refractivity contribution in [3.8, 4) is 5.75 Å². The van der Waals surface area contributed by atoms with E-state index in [4.69, 9.17) is 4.98 Å². The van der Waals surface area contributed by atoms with Gasteiger partial charge in [-0.2, -0.15) is 0 Å². The first kappa shape index (κ1) is 33.5. The van der Waals surface area contributed by atoms with Crippen molar-refractivity contribution in [1.82, 2.24) is 40.3 Å². The lowest BCUT2D eigenvalue weighted by Gasteiger charge is -2.55. The number of aromatic nitrogens is 1. The fourth-order valence-electron chi connectivity index (χ4n) is 7.40. The average molecular weight is 680 g/mol. The molecule has 7 rings (SSSR count). The minimum Gasteiger partial charge on any atom is -0.508 e. The van der Waals surface area contributed by atoms with Crippen LogP contribution in [0.3, 0.4) is 0 Å². The molecule has 4 aliphatic rings. The molecule has 2 atom stereocenters. The van der Waals surface area contributed by atoms with Crippen LogP contribution in [0.25, 0.3) is 0 Å². The SMILES string of the molecule is C=CCN1CC(=O)N2C(Cc3ccc(O)cc3)C(=O)N(Cc3cccc(N4CC(N5CCNCC5)C4)n3)CC2N1C(=O)NCc1ccccc1. The number of piperazine rings is 2. The van der Waals surface area contributed by atoms with Gasteiger partial charge in [-0.1, -0.05) is 54.6 Å². The molecule has 1 aromatic heterocycles. The molecule has 2 unspecified atom stereocenters. The molecule has 262 valence electrons. The zero-order chi connectivity index (χ0) is 34.6. The molecule has 4 amide bonds. The number of rotatable bonds is 10. The highest BCUT2D eigenvalue weighted by Crippen LogP contribution is 2.30. The summed E-state index contributed by atoms with van der Waals surface area (Å²) < 4.78 is 0. The van der Waals surface area contributed by atoms with Gasteiger partial charge in [0, 0.05) is 64.8 Å². The van der Waals surface area contributed by atoms with Gasteiger partial charge in [0.1, 0.15) is 23.8 Å². The first-order chi connectivity index (χ1) is 24.4. The van der Waals surface area contributed by atoms with Crippen molar-refractivity contribution in [1.29, 1.82) is 0 Å². The molecule has 5 heterocycles. The third-order valence-corrected chi connectivity index (χ3v) is 10.0. The van der Waals surface area contributed by atoms with Gasteiger partial charge < -0.3 is 30.4 Å². The molecule has 0 aliphatic carbocycles. The number of hydrogen-bond acceptors (Lipinski definition) is 9. The molecule has 0 bridgehead atoms. The number of nitrogens with zero attached hydrogens (tertiary/aromatic N) is 7. The van der Waals surface area contributed by atoms with Crippen LogP contribution in [-0.2, 0) is 29.1 Å². The number of carbonyl (C=O) groups excluding carboxylic acids is 3. The lowest BCUT2D eigenvalue weighted by Crippen LogP contribution is -2.76. The highest BCUT2D eigenvalue weighted by atomic mass is 16.3. The summed E-state index contributed by atoms with van der Waals surface area (Å²) in [6, 6.07) is 21.5. The molecule has 4 fully saturated rings. The lowest BCUT2D eigenvalue weighted by molar-refractivity contribution is -0.189. The van der Waals surface area contributed by atoms with E-state index in [1.807, 2.05) is 48.5 Å². The standard InChI is InChI=1S/C37H45N9O4/c1-2-17-44-26-35(48)45-32(20-27-11-13-31(47)14-12-27)36(49)43(25-34(45)46(44)37(50)39-21-28-7-4-3-5-8-28)22-29-9-6-10-33(40-29)42-23-30(24-42)41-18-15-38-16-19-41/h2-14,30,32,34,38,47H,1,15-26H2,(H,39,50). The third kappa shape index (κ3) is 7.16. The van der Waals surface area contributed by atoms with Crippen LogP contribution in [0.1, 0.15) is 16.8 Å². The van der Waals surface area contributed by atoms with E-state index in [2.05, 4.69) is 27.0 Å². The van der Waals surface area contributed by atoms with Gasteiger partial charge in [0.05, 0.1) is 25.3 Å². The van der Waals surface area contributed by atoms with Crippen LogP contribution in [0.2, 0.25) is 0 Å². The molecule has 13 nitrogen and oxygen atoms in total. The number of pyridine rings is 1. The van der Waals surface area contributed by atoms with Crippen molar-refractivity contribution in [2.24, 2.45) is 0 Å². The summed E-state index contributed by atoms with van der Waals surface area (Å²) >= 11 is 0. The van der Waals surface area contributed by atoms with Crippen LogP contribution < -0.4 is 15.5 Å². The first-order valence-electron chi connectivity index (χ1n) is 17.4. The fraction of sp³-hybridized carbons (Fsp3) is 0.405. The quantitative estimate of drug-likeness (QED) is 0.274. The van der Waals surface area contributed by atoms with Crippen molar-refractivity contribution in [3.05, 3.63) is 102 Å². The van der Waals surface area contributed by atoms with Crippen molar-refractivity contribution < 1.29 is 19.5 Å². The summed E-state index contributed by atoms with van der Waals surface area (Å²) in [4.78, 5) is 55.4. The van der Waals surface area contributed by atoms with Gasteiger partial charge in [-0.15, -0.1) is 6.58 Å². The highest BCUT2D eigenvalue weighted by Gasteiger charge is 2.51. The predicted molar refractivity (Wildman–Crippen MR) is 189 cm³/mol. The Balaban J connectivity index is 1.15. The van der Waals surface area contributed by atoms with Crippen LogP contribution in [0.5, 0.6) is 5.75 Å². The number of benzene rings is 2. The molecule has 3 N–H and O–H groups in total. The van der Waals surface area contributed by atoms with Crippen molar-refractivity contribution in [3.63, 3.8) is 0 Å². The molecular formula is C37H45N9O4. The Morgan fingerprint density at radius 3 is 2.46 bits per heavy atom. The van der Waals surface area contributed by atoms with Gasteiger partial charge in [0.15, 0.2) is 0 Å². The minimum absolute atomic E-state index is 0.0744. The molecule has 3 aromatic rings. The highest BCUT2D eigenvalue weighted by molar-refractivity contribution is 5.91. The largest absolute Gasteiger partial charge is 0.508 e. The van der Waals surface area contributed by atoms with E-state index in [1.165, 1.54) is 0 Å². The van der Waals surface area contributed by atoms with E-state index in [1.54, 1.807) is 50.2 Å². The Hall–Kier alpha value is -4.98. The zero-order valence-corrected chi connectivity index (χ0v) is 28.2. The van der Waals surface area contributed by atoms with E-state index in [0.29, 0.717) is 12.6 Å². The second kappa shape index (κ2) is 14.9. The summed E-state index contributed by atoms with van der Waals surface area (Å²) in [7, 11) is 0. The number of hydrogen-bond donors (Lipinski definition) is 3. The lowest BCUT2D eigenvalue weighted by atomic mass is 9.98. The van der Waals surface area contributed by atoms with Crippen LogP contribution in [0.15, 0.2) is 85.5 Å². The van der Waals surface area contributed by atoms with Crippen LogP contribution >= 0.6 is 0 Å². The van der Waals surface area contributed by atoms with Gasteiger partial charge >= 0.3 is 6.03 Å². The molecule has 13 heteroatoms. The van der Waals surface area contributed by atoms with E-state index in [0.717, 1.165) is 61.9 Å².